The maximum absolute atomic E-state index is 11.6. The van der Waals surface area contributed by atoms with Crippen molar-refractivity contribution in [2.45, 2.75) is 18.6 Å². The molecule has 2 N–H and O–H groups in total. The predicted molar refractivity (Wildman–Crippen MR) is 79.3 cm³/mol. The topological polar surface area (TPSA) is 66.8 Å². The number of ether oxygens (including phenoxy) is 1. The number of esters is 1. The van der Waals surface area contributed by atoms with Gasteiger partial charge in [0.2, 0.25) is 0 Å². The van der Waals surface area contributed by atoms with Gasteiger partial charge in [0.1, 0.15) is 0 Å². The maximum Gasteiger partial charge on any atom is 0.330 e. The van der Waals surface area contributed by atoms with Crippen LogP contribution in [0, 0.1) is 0 Å². The van der Waals surface area contributed by atoms with E-state index in [2.05, 4.69) is 0 Å². The largest absolute Gasteiger partial charge is 0.462 e. The number of benzene rings is 1. The lowest BCUT2D eigenvalue weighted by Crippen LogP contribution is -2.26. The molecule has 110 valence electrons. The molecule has 0 aromatic heterocycles. The number of hydrogen-bond donors (Lipinski definition) is 2. The molecule has 0 bridgehead atoms. The highest BCUT2D eigenvalue weighted by molar-refractivity contribution is 5.82. The standard InChI is InChI=1S/C17H18O4/c18-16(21-12-10-14-5-2-1-3-6-14)9-8-15-7-4-11-17(19,20)13-15/h1-9,11,19-20H,10,12-13H2. The van der Waals surface area contributed by atoms with E-state index in [1.807, 2.05) is 30.3 Å². The van der Waals surface area contributed by atoms with Crippen molar-refractivity contribution in [3.63, 3.8) is 0 Å². The van der Waals surface area contributed by atoms with Crippen molar-refractivity contribution >= 4 is 5.97 Å². The molecule has 0 spiro atoms. The van der Waals surface area contributed by atoms with E-state index in [9.17, 15) is 15.0 Å². The lowest BCUT2D eigenvalue weighted by Gasteiger charge is -2.20. The Labute approximate surface area is 123 Å². The maximum atomic E-state index is 11.6. The van der Waals surface area contributed by atoms with Gasteiger partial charge in [-0.1, -0.05) is 48.6 Å². The summed E-state index contributed by atoms with van der Waals surface area (Å²) in [6.07, 6.45) is 8.12. The summed E-state index contributed by atoms with van der Waals surface area (Å²) in [5, 5.41) is 18.9. The quantitative estimate of drug-likeness (QED) is 0.493. The molecule has 0 unspecified atom stereocenters. The van der Waals surface area contributed by atoms with Crippen molar-refractivity contribution < 1.29 is 19.7 Å². The Hall–Kier alpha value is -2.17. The molecular weight excluding hydrogens is 268 g/mol. The second-order valence-electron chi connectivity index (χ2n) is 4.89. The Balaban J connectivity index is 1.76. The van der Waals surface area contributed by atoms with Crippen LogP contribution >= 0.6 is 0 Å². The second-order valence-corrected chi connectivity index (χ2v) is 4.89. The molecule has 0 saturated carbocycles. The molecule has 0 radical (unpaired) electrons. The van der Waals surface area contributed by atoms with Gasteiger partial charge < -0.3 is 14.9 Å². The van der Waals surface area contributed by atoms with Gasteiger partial charge in [0.25, 0.3) is 0 Å². The van der Waals surface area contributed by atoms with Crippen molar-refractivity contribution in [1.82, 2.24) is 0 Å². The van der Waals surface area contributed by atoms with E-state index in [4.69, 9.17) is 4.74 Å². The van der Waals surface area contributed by atoms with Gasteiger partial charge in [-0.2, -0.15) is 0 Å². The highest BCUT2D eigenvalue weighted by Gasteiger charge is 2.22. The second kappa shape index (κ2) is 7.02. The first-order valence-electron chi connectivity index (χ1n) is 6.77. The van der Waals surface area contributed by atoms with Gasteiger partial charge in [-0.15, -0.1) is 0 Å². The first-order chi connectivity index (χ1) is 10.1. The van der Waals surface area contributed by atoms with Crippen LogP contribution in [0.15, 0.2) is 66.3 Å². The normalized spacial score (nSPS) is 16.8. The molecule has 1 aliphatic rings. The molecule has 1 aliphatic carbocycles. The van der Waals surface area contributed by atoms with E-state index in [-0.39, 0.29) is 6.42 Å². The molecule has 0 aliphatic heterocycles. The Morgan fingerprint density at radius 1 is 1.29 bits per heavy atom. The predicted octanol–water partition coefficient (Wildman–Crippen LogP) is 1.90. The molecule has 0 atom stereocenters. The summed E-state index contributed by atoms with van der Waals surface area (Å²) in [4.78, 5) is 11.6. The summed E-state index contributed by atoms with van der Waals surface area (Å²) in [5.74, 6) is -2.28. The minimum absolute atomic E-state index is 0.0529. The van der Waals surface area contributed by atoms with E-state index in [1.54, 1.807) is 12.2 Å². The molecule has 4 nitrogen and oxygen atoms in total. The fourth-order valence-corrected chi connectivity index (χ4v) is 2.00. The van der Waals surface area contributed by atoms with Gasteiger partial charge in [-0.25, -0.2) is 4.79 Å². The van der Waals surface area contributed by atoms with Crippen LogP contribution in [0.2, 0.25) is 0 Å². The SMILES string of the molecule is O=C(C=CC1=CC=CC(O)(O)C1)OCCc1ccccc1. The Bertz CT molecular complexity index is 568. The molecule has 1 aromatic carbocycles. The molecule has 0 fully saturated rings. The lowest BCUT2D eigenvalue weighted by molar-refractivity contribution is -0.137. The first kappa shape index (κ1) is 15.2. The van der Waals surface area contributed by atoms with Crippen LogP contribution in [0.3, 0.4) is 0 Å². The zero-order chi connectivity index (χ0) is 15.1. The monoisotopic (exact) mass is 286 g/mol. The summed E-state index contributed by atoms with van der Waals surface area (Å²) in [7, 11) is 0. The number of rotatable bonds is 5. The molecule has 1 aromatic rings. The van der Waals surface area contributed by atoms with Gasteiger partial charge in [0.05, 0.1) is 6.61 Å². The van der Waals surface area contributed by atoms with E-state index in [0.29, 0.717) is 18.6 Å². The first-order valence-corrected chi connectivity index (χ1v) is 6.77. The summed E-state index contributed by atoms with van der Waals surface area (Å²) < 4.78 is 5.09. The third kappa shape index (κ3) is 5.38. The summed E-state index contributed by atoms with van der Waals surface area (Å²) in [6, 6.07) is 9.77. The molecule has 0 amide bonds. The van der Waals surface area contributed by atoms with Crippen molar-refractivity contribution in [2.24, 2.45) is 0 Å². The Morgan fingerprint density at radius 2 is 2.05 bits per heavy atom. The fourth-order valence-electron chi connectivity index (χ4n) is 2.00. The van der Waals surface area contributed by atoms with Gasteiger partial charge in [0, 0.05) is 18.9 Å². The average molecular weight is 286 g/mol. The van der Waals surface area contributed by atoms with Gasteiger partial charge in [0.15, 0.2) is 5.79 Å². The van der Waals surface area contributed by atoms with Crippen LogP contribution in [-0.2, 0) is 16.0 Å². The Kier molecular flexibility index (Phi) is 5.09. The van der Waals surface area contributed by atoms with E-state index < -0.39 is 11.8 Å². The number of carbonyl (C=O) groups excluding carboxylic acids is 1. The smallest absolute Gasteiger partial charge is 0.330 e. The molecule has 21 heavy (non-hydrogen) atoms. The number of aliphatic hydroxyl groups is 2. The van der Waals surface area contributed by atoms with E-state index >= 15 is 0 Å². The van der Waals surface area contributed by atoms with Crippen LogP contribution in [0.1, 0.15) is 12.0 Å². The minimum Gasteiger partial charge on any atom is -0.462 e. The molecular formula is C17H18O4. The van der Waals surface area contributed by atoms with Crippen molar-refractivity contribution in [3.8, 4) is 0 Å². The third-order valence-electron chi connectivity index (χ3n) is 3.05. The van der Waals surface area contributed by atoms with Crippen LogP contribution in [0.25, 0.3) is 0 Å². The van der Waals surface area contributed by atoms with Crippen LogP contribution in [0.5, 0.6) is 0 Å². The number of allylic oxidation sites excluding steroid dienone is 3. The van der Waals surface area contributed by atoms with Crippen molar-refractivity contribution in [1.29, 1.82) is 0 Å². The van der Waals surface area contributed by atoms with Crippen molar-refractivity contribution in [2.75, 3.05) is 6.61 Å². The van der Waals surface area contributed by atoms with Gasteiger partial charge in [-0.3, -0.25) is 0 Å². The zero-order valence-electron chi connectivity index (χ0n) is 11.6. The highest BCUT2D eigenvalue weighted by atomic mass is 16.5. The van der Waals surface area contributed by atoms with Gasteiger partial charge in [-0.05, 0) is 17.2 Å². The van der Waals surface area contributed by atoms with Crippen LogP contribution in [-0.4, -0.2) is 28.6 Å². The number of carbonyl (C=O) groups is 1. The lowest BCUT2D eigenvalue weighted by atomic mass is 9.99. The fraction of sp³-hybridized carbons (Fsp3) is 0.235. The number of hydrogen-bond acceptors (Lipinski definition) is 4. The van der Waals surface area contributed by atoms with E-state index in [0.717, 1.165) is 5.56 Å². The van der Waals surface area contributed by atoms with E-state index in [1.165, 1.54) is 18.2 Å². The minimum atomic E-state index is -1.84. The molecule has 0 saturated heterocycles. The summed E-state index contributed by atoms with van der Waals surface area (Å²) in [5.41, 5.74) is 1.77. The molecule has 0 heterocycles. The zero-order valence-corrected chi connectivity index (χ0v) is 11.6. The van der Waals surface area contributed by atoms with Crippen molar-refractivity contribution in [3.05, 3.63) is 71.8 Å². The highest BCUT2D eigenvalue weighted by Crippen LogP contribution is 2.21. The summed E-state index contributed by atoms with van der Waals surface area (Å²) in [6.45, 7) is 0.316. The third-order valence-corrected chi connectivity index (χ3v) is 3.05. The van der Waals surface area contributed by atoms with Crippen LogP contribution < -0.4 is 0 Å². The Morgan fingerprint density at radius 3 is 2.76 bits per heavy atom. The van der Waals surface area contributed by atoms with Crippen LogP contribution in [0.4, 0.5) is 0 Å². The molecule has 4 heteroatoms. The summed E-state index contributed by atoms with van der Waals surface area (Å²) >= 11 is 0. The molecule has 2 rings (SSSR count). The van der Waals surface area contributed by atoms with Gasteiger partial charge >= 0.3 is 5.97 Å². The average Bonchev–Trinajstić information content (AvgIpc) is 2.45.